The van der Waals surface area contributed by atoms with E-state index >= 15 is 0 Å². The molecule has 1 atom stereocenters. The lowest BCUT2D eigenvalue weighted by Crippen LogP contribution is -2.24. The van der Waals surface area contributed by atoms with Gasteiger partial charge in [0.2, 0.25) is 0 Å². The smallest absolute Gasteiger partial charge is 0.255 e. The van der Waals surface area contributed by atoms with Crippen LogP contribution in [-0.2, 0) is 0 Å². The van der Waals surface area contributed by atoms with E-state index in [-0.39, 0.29) is 11.9 Å². The summed E-state index contributed by atoms with van der Waals surface area (Å²) in [5.41, 5.74) is 7.79. The maximum Gasteiger partial charge on any atom is 0.255 e. The average Bonchev–Trinajstić information content (AvgIpc) is 3.17. The molecular formula is C13H16N2O2. The molecule has 1 aromatic carbocycles. The highest BCUT2D eigenvalue weighted by atomic mass is 16.5. The van der Waals surface area contributed by atoms with Crippen LogP contribution in [-0.4, -0.2) is 19.1 Å². The van der Waals surface area contributed by atoms with Crippen LogP contribution in [0.2, 0.25) is 0 Å². The van der Waals surface area contributed by atoms with E-state index in [0.29, 0.717) is 30.4 Å². The zero-order chi connectivity index (χ0) is 11.8. The maximum absolute atomic E-state index is 11.8. The van der Waals surface area contributed by atoms with Crippen LogP contribution in [0.25, 0.3) is 0 Å². The van der Waals surface area contributed by atoms with Gasteiger partial charge >= 0.3 is 0 Å². The van der Waals surface area contributed by atoms with Gasteiger partial charge in [0, 0.05) is 6.04 Å². The van der Waals surface area contributed by atoms with Crippen molar-refractivity contribution in [3.63, 3.8) is 0 Å². The fourth-order valence-corrected chi connectivity index (χ4v) is 2.21. The average molecular weight is 232 g/mol. The van der Waals surface area contributed by atoms with Crippen LogP contribution in [0.1, 0.15) is 34.8 Å². The number of nitrogens with two attached hydrogens (primary N) is 1. The molecule has 4 nitrogen and oxygen atoms in total. The van der Waals surface area contributed by atoms with E-state index in [9.17, 15) is 4.79 Å². The largest absolute Gasteiger partial charge is 0.491 e. The Morgan fingerprint density at radius 1 is 1.41 bits per heavy atom. The minimum atomic E-state index is -0.0673. The lowest BCUT2D eigenvalue weighted by atomic mass is 10.00. The molecule has 0 saturated heterocycles. The van der Waals surface area contributed by atoms with Gasteiger partial charge in [0.1, 0.15) is 12.4 Å². The number of rotatable bonds is 2. The molecule has 3 N–H and O–H groups in total. The normalized spacial score (nSPS) is 20.9. The molecule has 17 heavy (non-hydrogen) atoms. The van der Waals surface area contributed by atoms with Gasteiger partial charge in [0.05, 0.1) is 12.1 Å². The molecule has 1 unspecified atom stereocenters. The second-order valence-electron chi connectivity index (χ2n) is 4.72. The van der Waals surface area contributed by atoms with Crippen molar-refractivity contribution in [1.29, 1.82) is 0 Å². The number of hydrogen-bond acceptors (Lipinski definition) is 3. The van der Waals surface area contributed by atoms with Gasteiger partial charge in [-0.15, -0.1) is 0 Å². The van der Waals surface area contributed by atoms with Crippen molar-refractivity contribution in [2.75, 3.05) is 13.2 Å². The molecule has 1 fully saturated rings. The Morgan fingerprint density at radius 3 is 3.00 bits per heavy atom. The van der Waals surface area contributed by atoms with E-state index in [4.69, 9.17) is 10.5 Å². The highest BCUT2D eigenvalue weighted by Crippen LogP contribution is 2.40. The van der Waals surface area contributed by atoms with Crippen molar-refractivity contribution >= 4 is 5.91 Å². The predicted molar refractivity (Wildman–Crippen MR) is 63.9 cm³/mol. The lowest BCUT2D eigenvalue weighted by Gasteiger charge is -2.13. The van der Waals surface area contributed by atoms with Gasteiger partial charge in [0.25, 0.3) is 5.91 Å². The molecule has 3 rings (SSSR count). The Bertz CT molecular complexity index is 455. The van der Waals surface area contributed by atoms with Gasteiger partial charge in [-0.05, 0) is 36.5 Å². The quantitative estimate of drug-likeness (QED) is 0.805. The Labute approximate surface area is 100 Å². The highest BCUT2D eigenvalue weighted by molar-refractivity contribution is 5.97. The first-order valence-electron chi connectivity index (χ1n) is 6.06. The zero-order valence-electron chi connectivity index (χ0n) is 9.61. The summed E-state index contributed by atoms with van der Waals surface area (Å²) in [6.07, 6.45) is 2.39. The second kappa shape index (κ2) is 4.04. The van der Waals surface area contributed by atoms with E-state index in [2.05, 4.69) is 5.32 Å². The zero-order valence-corrected chi connectivity index (χ0v) is 9.61. The summed E-state index contributed by atoms with van der Waals surface area (Å²) >= 11 is 0. The van der Waals surface area contributed by atoms with Gasteiger partial charge in [-0.2, -0.15) is 0 Å². The molecule has 1 heterocycles. The van der Waals surface area contributed by atoms with E-state index in [0.717, 1.165) is 5.56 Å². The monoisotopic (exact) mass is 232 g/mol. The SMILES string of the molecule is NC(c1ccc2c(c1)C(=O)NCCO2)C1CC1. The molecule has 1 amide bonds. The van der Waals surface area contributed by atoms with Crippen LogP contribution in [0.4, 0.5) is 0 Å². The van der Waals surface area contributed by atoms with Gasteiger partial charge in [0.15, 0.2) is 0 Å². The number of carbonyl (C=O) groups excluding carboxylic acids is 1. The molecule has 1 aromatic rings. The summed E-state index contributed by atoms with van der Waals surface area (Å²) in [6.45, 7) is 1.07. The summed E-state index contributed by atoms with van der Waals surface area (Å²) in [4.78, 5) is 11.8. The highest BCUT2D eigenvalue weighted by Gasteiger charge is 2.30. The van der Waals surface area contributed by atoms with E-state index in [1.807, 2.05) is 18.2 Å². The first-order valence-corrected chi connectivity index (χ1v) is 6.06. The fourth-order valence-electron chi connectivity index (χ4n) is 2.21. The maximum atomic E-state index is 11.8. The molecular weight excluding hydrogens is 216 g/mol. The summed E-state index contributed by atoms with van der Waals surface area (Å²) in [5.74, 6) is 1.18. The Hall–Kier alpha value is -1.55. The van der Waals surface area contributed by atoms with Crippen molar-refractivity contribution in [1.82, 2.24) is 5.32 Å². The third-order valence-electron chi connectivity index (χ3n) is 3.41. The van der Waals surface area contributed by atoms with Crippen molar-refractivity contribution in [2.24, 2.45) is 11.7 Å². The van der Waals surface area contributed by atoms with Crippen LogP contribution in [0.15, 0.2) is 18.2 Å². The van der Waals surface area contributed by atoms with E-state index < -0.39 is 0 Å². The molecule has 2 aliphatic rings. The summed E-state index contributed by atoms with van der Waals surface area (Å²) in [6, 6.07) is 5.76. The molecule has 0 radical (unpaired) electrons. The van der Waals surface area contributed by atoms with Crippen LogP contribution >= 0.6 is 0 Å². The van der Waals surface area contributed by atoms with Crippen LogP contribution in [0, 0.1) is 5.92 Å². The Morgan fingerprint density at radius 2 is 2.24 bits per heavy atom. The number of fused-ring (bicyclic) bond motifs is 1. The molecule has 1 saturated carbocycles. The molecule has 4 heteroatoms. The van der Waals surface area contributed by atoms with Crippen molar-refractivity contribution in [2.45, 2.75) is 18.9 Å². The fraction of sp³-hybridized carbons (Fsp3) is 0.462. The molecule has 1 aliphatic carbocycles. The number of carbonyl (C=O) groups is 1. The third kappa shape index (κ3) is 2.00. The summed E-state index contributed by atoms with van der Waals surface area (Å²) < 4.78 is 5.51. The van der Waals surface area contributed by atoms with Gasteiger partial charge in [-0.3, -0.25) is 4.79 Å². The minimum absolute atomic E-state index is 0.0522. The van der Waals surface area contributed by atoms with Crippen LogP contribution in [0.5, 0.6) is 5.75 Å². The number of nitrogens with one attached hydrogen (secondary N) is 1. The van der Waals surface area contributed by atoms with Gasteiger partial charge in [-0.1, -0.05) is 6.07 Å². The molecule has 0 aromatic heterocycles. The van der Waals surface area contributed by atoms with Crippen molar-refractivity contribution in [3.8, 4) is 5.75 Å². The predicted octanol–water partition coefficient (Wildman–Crippen LogP) is 1.22. The van der Waals surface area contributed by atoms with E-state index in [1.54, 1.807) is 0 Å². The molecule has 0 bridgehead atoms. The van der Waals surface area contributed by atoms with Crippen molar-refractivity contribution in [3.05, 3.63) is 29.3 Å². The third-order valence-corrected chi connectivity index (χ3v) is 3.41. The van der Waals surface area contributed by atoms with E-state index in [1.165, 1.54) is 12.8 Å². The van der Waals surface area contributed by atoms with Crippen molar-refractivity contribution < 1.29 is 9.53 Å². The summed E-state index contributed by atoms with van der Waals surface area (Å²) in [5, 5.41) is 2.81. The molecule has 90 valence electrons. The first-order chi connectivity index (χ1) is 8.25. The molecule has 1 aliphatic heterocycles. The number of amides is 1. The standard InChI is InChI=1S/C13H16N2O2/c14-12(8-1-2-8)9-3-4-11-10(7-9)13(16)15-5-6-17-11/h3-4,7-8,12H,1-2,5-6,14H2,(H,15,16). The number of ether oxygens (including phenoxy) is 1. The topological polar surface area (TPSA) is 64.4 Å². The number of hydrogen-bond donors (Lipinski definition) is 2. The molecule has 0 spiro atoms. The Kier molecular flexibility index (Phi) is 2.52. The Balaban J connectivity index is 1.95. The summed E-state index contributed by atoms with van der Waals surface area (Å²) in [7, 11) is 0. The van der Waals surface area contributed by atoms with Gasteiger partial charge < -0.3 is 15.8 Å². The minimum Gasteiger partial charge on any atom is -0.491 e. The second-order valence-corrected chi connectivity index (χ2v) is 4.72. The first kappa shape index (κ1) is 10.6. The van der Waals surface area contributed by atoms with Crippen LogP contribution in [0.3, 0.4) is 0 Å². The van der Waals surface area contributed by atoms with Gasteiger partial charge in [-0.25, -0.2) is 0 Å². The number of benzene rings is 1. The van der Waals surface area contributed by atoms with Crippen LogP contribution < -0.4 is 15.8 Å². The lowest BCUT2D eigenvalue weighted by molar-refractivity contribution is 0.0957.